The number of alkyl halides is 1. The lowest BCUT2D eigenvalue weighted by Gasteiger charge is -2.22. The zero-order chi connectivity index (χ0) is 11.6. The van der Waals surface area contributed by atoms with E-state index in [-0.39, 0.29) is 5.41 Å². The Kier molecular flexibility index (Phi) is 3.29. The maximum absolute atomic E-state index is 4.16. The summed E-state index contributed by atoms with van der Waals surface area (Å²) in [5.74, 6) is 0. The second kappa shape index (κ2) is 4.54. The Morgan fingerprint density at radius 2 is 2.06 bits per heavy atom. The second-order valence-corrected chi connectivity index (χ2v) is 5.55. The Labute approximate surface area is 105 Å². The SMILES string of the molecule is CC(C)(CBr)Cc1cccc2cnccc12. The van der Waals surface area contributed by atoms with E-state index in [1.807, 2.05) is 12.4 Å². The van der Waals surface area contributed by atoms with Crippen molar-refractivity contribution in [2.45, 2.75) is 20.3 Å². The normalized spacial score (nSPS) is 11.9. The zero-order valence-corrected chi connectivity index (χ0v) is 11.3. The minimum atomic E-state index is 0.289. The Morgan fingerprint density at radius 3 is 2.81 bits per heavy atom. The van der Waals surface area contributed by atoms with E-state index in [1.165, 1.54) is 16.3 Å². The molecule has 2 rings (SSSR count). The molecule has 2 aromatic rings. The van der Waals surface area contributed by atoms with E-state index in [0.717, 1.165) is 11.8 Å². The van der Waals surface area contributed by atoms with Crippen LogP contribution in [0, 0.1) is 5.41 Å². The monoisotopic (exact) mass is 277 g/mol. The summed E-state index contributed by atoms with van der Waals surface area (Å²) in [6, 6.07) is 8.55. The first-order valence-corrected chi connectivity index (χ1v) is 6.62. The van der Waals surface area contributed by atoms with Crippen LogP contribution in [0.3, 0.4) is 0 Å². The molecule has 1 nitrogen and oxygen atoms in total. The third-order valence-corrected chi connectivity index (χ3v) is 4.32. The molecule has 0 bridgehead atoms. The summed E-state index contributed by atoms with van der Waals surface area (Å²) < 4.78 is 0. The van der Waals surface area contributed by atoms with Crippen LogP contribution in [0.2, 0.25) is 0 Å². The zero-order valence-electron chi connectivity index (χ0n) is 9.70. The Bertz CT molecular complexity index is 486. The molecule has 0 saturated heterocycles. The van der Waals surface area contributed by atoms with Gasteiger partial charge in [-0.3, -0.25) is 4.98 Å². The highest BCUT2D eigenvalue weighted by atomic mass is 79.9. The fourth-order valence-corrected chi connectivity index (χ4v) is 2.10. The molecular formula is C14H16BrN. The van der Waals surface area contributed by atoms with Crippen LogP contribution in [-0.2, 0) is 6.42 Å². The lowest BCUT2D eigenvalue weighted by Crippen LogP contribution is -2.16. The first kappa shape index (κ1) is 11.6. The van der Waals surface area contributed by atoms with Gasteiger partial charge < -0.3 is 0 Å². The number of pyridine rings is 1. The van der Waals surface area contributed by atoms with Crippen molar-refractivity contribution in [1.82, 2.24) is 4.98 Å². The molecule has 1 aromatic carbocycles. The van der Waals surface area contributed by atoms with Gasteiger partial charge in [0, 0.05) is 23.1 Å². The summed E-state index contributed by atoms with van der Waals surface area (Å²) in [6.07, 6.45) is 4.88. The van der Waals surface area contributed by atoms with Crippen molar-refractivity contribution in [1.29, 1.82) is 0 Å². The van der Waals surface area contributed by atoms with Crippen LogP contribution in [-0.4, -0.2) is 10.3 Å². The molecule has 0 saturated carbocycles. The van der Waals surface area contributed by atoms with Gasteiger partial charge in [0.25, 0.3) is 0 Å². The lowest BCUT2D eigenvalue weighted by molar-refractivity contribution is 0.426. The predicted octanol–water partition coefficient (Wildman–Crippen LogP) is 4.20. The number of rotatable bonds is 3. The topological polar surface area (TPSA) is 12.9 Å². The van der Waals surface area contributed by atoms with Gasteiger partial charge in [0.2, 0.25) is 0 Å². The van der Waals surface area contributed by atoms with Crippen LogP contribution < -0.4 is 0 Å². The van der Waals surface area contributed by atoms with Gasteiger partial charge in [0.15, 0.2) is 0 Å². The van der Waals surface area contributed by atoms with E-state index in [1.54, 1.807) is 0 Å². The quantitative estimate of drug-likeness (QED) is 0.767. The maximum atomic E-state index is 4.16. The van der Waals surface area contributed by atoms with E-state index < -0.39 is 0 Å². The number of hydrogen-bond donors (Lipinski definition) is 0. The predicted molar refractivity (Wildman–Crippen MR) is 73.0 cm³/mol. The molecule has 0 atom stereocenters. The van der Waals surface area contributed by atoms with Crippen molar-refractivity contribution in [3.63, 3.8) is 0 Å². The molecule has 0 spiro atoms. The van der Waals surface area contributed by atoms with Crippen LogP contribution >= 0.6 is 15.9 Å². The molecular weight excluding hydrogens is 262 g/mol. The number of halogens is 1. The fraction of sp³-hybridized carbons (Fsp3) is 0.357. The molecule has 16 heavy (non-hydrogen) atoms. The molecule has 0 fully saturated rings. The van der Waals surface area contributed by atoms with Crippen molar-refractivity contribution in [3.05, 3.63) is 42.2 Å². The van der Waals surface area contributed by atoms with Crippen LogP contribution in [0.1, 0.15) is 19.4 Å². The highest BCUT2D eigenvalue weighted by molar-refractivity contribution is 9.09. The van der Waals surface area contributed by atoms with Gasteiger partial charge >= 0.3 is 0 Å². The molecule has 0 aliphatic heterocycles. The highest BCUT2D eigenvalue weighted by Gasteiger charge is 2.17. The van der Waals surface area contributed by atoms with E-state index in [0.29, 0.717) is 0 Å². The summed E-state index contributed by atoms with van der Waals surface area (Å²) in [7, 11) is 0. The Hall–Kier alpha value is -0.890. The molecule has 0 amide bonds. The van der Waals surface area contributed by atoms with Gasteiger partial charge in [0.05, 0.1) is 0 Å². The fourth-order valence-electron chi connectivity index (χ4n) is 1.91. The second-order valence-electron chi connectivity index (χ2n) is 4.99. The number of nitrogens with zero attached hydrogens (tertiary/aromatic N) is 1. The average molecular weight is 278 g/mol. The average Bonchev–Trinajstić information content (AvgIpc) is 2.29. The molecule has 0 unspecified atom stereocenters. The first-order chi connectivity index (χ1) is 7.62. The minimum absolute atomic E-state index is 0.289. The summed E-state index contributed by atoms with van der Waals surface area (Å²) in [5.41, 5.74) is 1.70. The van der Waals surface area contributed by atoms with Crippen molar-refractivity contribution >= 4 is 26.7 Å². The van der Waals surface area contributed by atoms with E-state index in [2.05, 4.69) is 59.0 Å². The Balaban J connectivity index is 2.45. The van der Waals surface area contributed by atoms with E-state index >= 15 is 0 Å². The summed E-state index contributed by atoms with van der Waals surface area (Å²) in [5, 5.41) is 3.57. The standard InChI is InChI=1S/C14H16BrN/c1-14(2,10-15)8-11-4-3-5-12-9-16-7-6-13(11)12/h3-7,9H,8,10H2,1-2H3. The van der Waals surface area contributed by atoms with Gasteiger partial charge in [-0.05, 0) is 28.9 Å². The number of benzene rings is 1. The highest BCUT2D eigenvalue weighted by Crippen LogP contribution is 2.28. The lowest BCUT2D eigenvalue weighted by atomic mass is 9.86. The molecule has 0 aliphatic rings. The Morgan fingerprint density at radius 1 is 1.25 bits per heavy atom. The van der Waals surface area contributed by atoms with Gasteiger partial charge in [-0.2, -0.15) is 0 Å². The maximum Gasteiger partial charge on any atom is 0.0346 e. The largest absolute Gasteiger partial charge is 0.264 e. The van der Waals surface area contributed by atoms with Gasteiger partial charge in [-0.25, -0.2) is 0 Å². The molecule has 84 valence electrons. The van der Waals surface area contributed by atoms with Crippen molar-refractivity contribution in [2.75, 3.05) is 5.33 Å². The molecule has 1 heterocycles. The van der Waals surface area contributed by atoms with Crippen LogP contribution in [0.15, 0.2) is 36.7 Å². The third kappa shape index (κ3) is 2.43. The summed E-state index contributed by atoms with van der Waals surface area (Å²) in [6.45, 7) is 4.56. The van der Waals surface area contributed by atoms with E-state index in [9.17, 15) is 0 Å². The van der Waals surface area contributed by atoms with E-state index in [4.69, 9.17) is 0 Å². The summed E-state index contributed by atoms with van der Waals surface area (Å²) >= 11 is 3.58. The van der Waals surface area contributed by atoms with Gasteiger partial charge in [-0.1, -0.05) is 48.0 Å². The van der Waals surface area contributed by atoms with Crippen LogP contribution in [0.4, 0.5) is 0 Å². The number of fused-ring (bicyclic) bond motifs is 1. The number of aromatic nitrogens is 1. The minimum Gasteiger partial charge on any atom is -0.264 e. The van der Waals surface area contributed by atoms with Crippen LogP contribution in [0.5, 0.6) is 0 Å². The van der Waals surface area contributed by atoms with Crippen molar-refractivity contribution in [2.24, 2.45) is 5.41 Å². The molecule has 2 heteroatoms. The van der Waals surface area contributed by atoms with Crippen molar-refractivity contribution < 1.29 is 0 Å². The molecule has 0 N–H and O–H groups in total. The van der Waals surface area contributed by atoms with Gasteiger partial charge in [-0.15, -0.1) is 0 Å². The molecule has 1 aromatic heterocycles. The summed E-state index contributed by atoms with van der Waals surface area (Å²) in [4.78, 5) is 4.16. The van der Waals surface area contributed by atoms with Crippen LogP contribution in [0.25, 0.3) is 10.8 Å². The molecule has 0 aliphatic carbocycles. The number of hydrogen-bond acceptors (Lipinski definition) is 1. The van der Waals surface area contributed by atoms with Crippen molar-refractivity contribution in [3.8, 4) is 0 Å². The molecule has 0 radical (unpaired) electrons. The third-order valence-electron chi connectivity index (χ3n) is 2.80. The van der Waals surface area contributed by atoms with Gasteiger partial charge in [0.1, 0.15) is 0 Å². The first-order valence-electron chi connectivity index (χ1n) is 5.50. The smallest absolute Gasteiger partial charge is 0.0346 e.